The summed E-state index contributed by atoms with van der Waals surface area (Å²) in [4.78, 5) is 22.2. The minimum atomic E-state index is 0.583. The van der Waals surface area contributed by atoms with Gasteiger partial charge in [0.05, 0.1) is 0 Å². The molecule has 0 bridgehead atoms. The van der Waals surface area contributed by atoms with Gasteiger partial charge in [0.15, 0.2) is 12.6 Å². The van der Waals surface area contributed by atoms with Gasteiger partial charge < -0.3 is 0 Å². The molecule has 25 heavy (non-hydrogen) atoms. The van der Waals surface area contributed by atoms with Gasteiger partial charge in [0.1, 0.15) is 0 Å². The van der Waals surface area contributed by atoms with Gasteiger partial charge in [-0.2, -0.15) is 0 Å². The zero-order valence-corrected chi connectivity index (χ0v) is 15.8. The summed E-state index contributed by atoms with van der Waals surface area (Å²) in [7, 11) is 0. The normalized spacial score (nSPS) is 11.1. The van der Waals surface area contributed by atoms with Crippen LogP contribution in [0.1, 0.15) is 110 Å². The second kappa shape index (κ2) is 14.6. The van der Waals surface area contributed by atoms with E-state index in [1.54, 1.807) is 18.2 Å². The van der Waals surface area contributed by atoms with E-state index in [2.05, 4.69) is 13.0 Å². The molecule has 0 heterocycles. The Labute approximate surface area is 153 Å². The van der Waals surface area contributed by atoms with E-state index >= 15 is 0 Å². The van der Waals surface area contributed by atoms with Crippen LogP contribution >= 0.6 is 0 Å². The smallest absolute Gasteiger partial charge is 0.150 e. The van der Waals surface area contributed by atoms with Crippen LogP contribution in [0.25, 0.3) is 6.08 Å². The number of aldehydes is 2. The van der Waals surface area contributed by atoms with Crippen LogP contribution in [-0.2, 0) is 0 Å². The van der Waals surface area contributed by atoms with Crippen LogP contribution in [0.5, 0.6) is 0 Å². The topological polar surface area (TPSA) is 34.1 Å². The lowest BCUT2D eigenvalue weighted by atomic mass is 10.0. The van der Waals surface area contributed by atoms with Crippen molar-refractivity contribution in [1.29, 1.82) is 0 Å². The molecule has 0 N–H and O–H groups in total. The van der Waals surface area contributed by atoms with Crippen LogP contribution in [0, 0.1) is 0 Å². The first-order valence-corrected chi connectivity index (χ1v) is 10.0. The van der Waals surface area contributed by atoms with E-state index < -0.39 is 0 Å². The predicted octanol–water partition coefficient (Wildman–Crippen LogP) is 7.03. The van der Waals surface area contributed by atoms with Gasteiger partial charge in [-0.15, -0.1) is 0 Å². The molecular weight excluding hydrogens is 308 g/mol. The van der Waals surface area contributed by atoms with E-state index in [0.29, 0.717) is 11.1 Å². The first kappa shape index (κ1) is 21.3. The van der Waals surface area contributed by atoms with Gasteiger partial charge >= 0.3 is 0 Å². The third kappa shape index (κ3) is 9.38. The predicted molar refractivity (Wildman–Crippen MR) is 107 cm³/mol. The highest BCUT2D eigenvalue weighted by Crippen LogP contribution is 2.16. The number of carbonyl (C=O) groups is 2. The van der Waals surface area contributed by atoms with Crippen LogP contribution in [0.2, 0.25) is 0 Å². The number of allylic oxidation sites excluding steroid dienone is 1. The zero-order valence-electron chi connectivity index (χ0n) is 15.8. The molecular formula is C23H34O2. The quantitative estimate of drug-likeness (QED) is 0.253. The maximum absolute atomic E-state index is 11.1. The van der Waals surface area contributed by atoms with E-state index in [1.165, 1.54) is 70.6 Å². The Morgan fingerprint density at radius 1 is 0.720 bits per heavy atom. The number of unbranched alkanes of at least 4 members (excludes halogenated alkanes) is 11. The molecule has 0 aromatic heterocycles. The van der Waals surface area contributed by atoms with Gasteiger partial charge in [-0.3, -0.25) is 9.59 Å². The highest BCUT2D eigenvalue weighted by molar-refractivity contribution is 5.90. The maximum atomic E-state index is 11.1. The highest BCUT2D eigenvalue weighted by Gasteiger charge is 2.03. The fraction of sp³-hybridized carbons (Fsp3) is 0.565. The van der Waals surface area contributed by atoms with Crippen molar-refractivity contribution in [1.82, 2.24) is 0 Å². The molecule has 2 heteroatoms. The summed E-state index contributed by atoms with van der Waals surface area (Å²) >= 11 is 0. The molecule has 0 radical (unpaired) electrons. The Kier molecular flexibility index (Phi) is 12.5. The lowest BCUT2D eigenvalue weighted by Gasteiger charge is -2.03. The summed E-state index contributed by atoms with van der Waals surface area (Å²) in [5.41, 5.74) is 1.91. The Bertz CT molecular complexity index is 491. The van der Waals surface area contributed by atoms with Crippen molar-refractivity contribution < 1.29 is 9.59 Å². The van der Waals surface area contributed by atoms with E-state index in [1.807, 2.05) is 6.08 Å². The van der Waals surface area contributed by atoms with E-state index in [-0.39, 0.29) is 0 Å². The van der Waals surface area contributed by atoms with Gasteiger partial charge in [-0.1, -0.05) is 101 Å². The molecule has 0 saturated carbocycles. The van der Waals surface area contributed by atoms with E-state index in [0.717, 1.165) is 24.6 Å². The lowest BCUT2D eigenvalue weighted by molar-refractivity contribution is 0.112. The van der Waals surface area contributed by atoms with Crippen molar-refractivity contribution in [2.24, 2.45) is 0 Å². The fourth-order valence-corrected chi connectivity index (χ4v) is 3.13. The molecule has 0 spiro atoms. The summed E-state index contributed by atoms with van der Waals surface area (Å²) in [5, 5.41) is 0. The molecule has 138 valence electrons. The molecule has 1 rings (SSSR count). The average Bonchev–Trinajstić information content (AvgIpc) is 2.65. The minimum absolute atomic E-state index is 0.583. The molecule has 0 atom stereocenters. The Balaban J connectivity index is 2.11. The van der Waals surface area contributed by atoms with Crippen LogP contribution < -0.4 is 0 Å². The van der Waals surface area contributed by atoms with Crippen LogP contribution in [-0.4, -0.2) is 12.6 Å². The molecule has 0 fully saturated rings. The third-order valence-electron chi connectivity index (χ3n) is 4.69. The van der Waals surface area contributed by atoms with Gasteiger partial charge in [-0.25, -0.2) is 0 Å². The number of benzene rings is 1. The van der Waals surface area contributed by atoms with Crippen LogP contribution in [0.4, 0.5) is 0 Å². The second-order valence-corrected chi connectivity index (χ2v) is 6.81. The molecule has 0 saturated heterocycles. The maximum Gasteiger partial charge on any atom is 0.150 e. The van der Waals surface area contributed by atoms with Crippen LogP contribution in [0.3, 0.4) is 0 Å². The summed E-state index contributed by atoms with van der Waals surface area (Å²) < 4.78 is 0. The van der Waals surface area contributed by atoms with Crippen molar-refractivity contribution in [3.8, 4) is 0 Å². The van der Waals surface area contributed by atoms with Crippen molar-refractivity contribution >= 4 is 18.6 Å². The monoisotopic (exact) mass is 342 g/mol. The standard InChI is InChI=1S/C23H34O2/c1-2-3-4-5-6-7-8-9-10-11-12-13-14-18-23-21(19-24)16-15-17-22(23)20-25/h14-20H,2-13H2,1H3/b18-14+. The molecule has 1 aromatic carbocycles. The molecule has 1 aromatic rings. The number of hydrogen-bond acceptors (Lipinski definition) is 2. The number of rotatable bonds is 15. The first-order valence-electron chi connectivity index (χ1n) is 10.0. The minimum Gasteiger partial charge on any atom is -0.298 e. The van der Waals surface area contributed by atoms with E-state index in [4.69, 9.17) is 0 Å². The van der Waals surface area contributed by atoms with Crippen LogP contribution in [0.15, 0.2) is 24.3 Å². The zero-order chi connectivity index (χ0) is 18.2. The van der Waals surface area contributed by atoms with Gasteiger partial charge in [0, 0.05) is 11.1 Å². The summed E-state index contributed by atoms with van der Waals surface area (Å²) in [5.74, 6) is 0. The van der Waals surface area contributed by atoms with E-state index in [9.17, 15) is 9.59 Å². The molecule has 0 aliphatic heterocycles. The van der Waals surface area contributed by atoms with Gasteiger partial charge in [0.25, 0.3) is 0 Å². The van der Waals surface area contributed by atoms with Crippen molar-refractivity contribution in [3.63, 3.8) is 0 Å². The summed E-state index contributed by atoms with van der Waals surface area (Å²) in [6.07, 6.45) is 21.4. The fourth-order valence-electron chi connectivity index (χ4n) is 3.13. The molecule has 0 aliphatic rings. The second-order valence-electron chi connectivity index (χ2n) is 6.81. The van der Waals surface area contributed by atoms with Crippen molar-refractivity contribution in [2.45, 2.75) is 84.0 Å². The Morgan fingerprint density at radius 2 is 1.20 bits per heavy atom. The SMILES string of the molecule is CCCCCCCCCCCCC/C=C/c1c(C=O)cccc1C=O. The Hall–Kier alpha value is -1.70. The number of hydrogen-bond donors (Lipinski definition) is 0. The molecule has 2 nitrogen and oxygen atoms in total. The van der Waals surface area contributed by atoms with Gasteiger partial charge in [-0.05, 0) is 18.4 Å². The lowest BCUT2D eigenvalue weighted by Crippen LogP contribution is -1.92. The molecule has 0 unspecified atom stereocenters. The molecule has 0 amide bonds. The summed E-state index contributed by atoms with van der Waals surface area (Å²) in [6, 6.07) is 5.25. The third-order valence-corrected chi connectivity index (χ3v) is 4.69. The van der Waals surface area contributed by atoms with Gasteiger partial charge in [0.2, 0.25) is 0 Å². The summed E-state index contributed by atoms with van der Waals surface area (Å²) in [6.45, 7) is 2.26. The highest BCUT2D eigenvalue weighted by atomic mass is 16.1. The largest absolute Gasteiger partial charge is 0.298 e. The first-order chi connectivity index (χ1) is 12.3. The van der Waals surface area contributed by atoms with Crippen molar-refractivity contribution in [3.05, 3.63) is 41.0 Å². The Morgan fingerprint density at radius 3 is 1.68 bits per heavy atom. The molecule has 0 aliphatic carbocycles. The van der Waals surface area contributed by atoms with Crippen molar-refractivity contribution in [2.75, 3.05) is 0 Å². The average molecular weight is 343 g/mol. The number of carbonyl (C=O) groups excluding carboxylic acids is 2.